The van der Waals surface area contributed by atoms with E-state index in [1.54, 1.807) is 52.0 Å². The van der Waals surface area contributed by atoms with Gasteiger partial charge in [-0.2, -0.15) is 0 Å². The molecule has 5 N–H and O–H groups in total. The second kappa shape index (κ2) is 23.9. The minimum atomic E-state index is -1.31. The first kappa shape index (κ1) is 51.7. The third-order valence-electron chi connectivity index (χ3n) is 14.6. The smallest absolute Gasteiger partial charge is 0.306 e. The van der Waals surface area contributed by atoms with E-state index in [1.807, 2.05) is 0 Å². The summed E-state index contributed by atoms with van der Waals surface area (Å²) < 4.78 is 28.7. The molecule has 2 unspecified atom stereocenters. The molecule has 63 heavy (non-hydrogen) atoms. The van der Waals surface area contributed by atoms with Crippen LogP contribution in [0.4, 0.5) is 8.78 Å². The molecule has 4 aliphatic rings. The number of aryl methyl sites for hydroxylation is 2. The molecule has 2 aromatic carbocycles. The number of carbonyl (C=O) groups excluding carboxylic acids is 1. The Hall–Kier alpha value is -3.90. The molecule has 4 aliphatic carbocycles. The average molecular weight is 876 g/mol. The molecule has 2 aromatic rings. The molecule has 0 spiro atoms. The number of benzene rings is 2. The zero-order valence-electron chi connectivity index (χ0n) is 38.5. The zero-order chi connectivity index (χ0) is 46.3. The molecule has 0 amide bonds. The number of nitrogens with zero attached hydrogens (tertiary/aromatic N) is 2. The van der Waals surface area contributed by atoms with Crippen LogP contribution in [-0.4, -0.2) is 50.5 Å². The van der Waals surface area contributed by atoms with Crippen LogP contribution in [0.1, 0.15) is 191 Å². The van der Waals surface area contributed by atoms with Crippen LogP contribution in [0.2, 0.25) is 0 Å². The molecule has 4 saturated carbocycles. The highest BCUT2D eigenvalue weighted by atomic mass is 19.1. The number of hydrogen-bond acceptors (Lipinski definition) is 5. The molecule has 0 aliphatic heterocycles. The number of halogens is 2. The van der Waals surface area contributed by atoms with Crippen LogP contribution in [0.3, 0.4) is 0 Å². The highest BCUT2D eigenvalue weighted by Crippen LogP contribution is 2.41. The quantitative estimate of drug-likeness (QED) is 0.124. The van der Waals surface area contributed by atoms with Gasteiger partial charge in [-0.25, -0.2) is 21.9 Å². The van der Waals surface area contributed by atoms with Gasteiger partial charge in [0.2, 0.25) is 0 Å². The fourth-order valence-corrected chi connectivity index (χ4v) is 10.6. The molecule has 9 nitrogen and oxygen atoms in total. The molecule has 348 valence electrons. The van der Waals surface area contributed by atoms with Gasteiger partial charge in [0.25, 0.3) is 11.1 Å². The van der Waals surface area contributed by atoms with Crippen molar-refractivity contribution in [2.75, 3.05) is 0 Å². The van der Waals surface area contributed by atoms with Gasteiger partial charge in [-0.15, -0.1) is 0 Å². The molecule has 0 radical (unpaired) electrons. The molecule has 0 bridgehead atoms. The molecular weight excluding hydrogens is 801 g/mol. The normalized spacial score (nSPS) is 19.9. The summed E-state index contributed by atoms with van der Waals surface area (Å²) in [5.41, 5.74) is -2.30. The number of carboxylic acids is 2. The fraction of sp³-hybridized carbons (Fsp3) is 0.692. The highest BCUT2D eigenvalue weighted by molar-refractivity contribution is 5.68. The zero-order valence-corrected chi connectivity index (χ0v) is 38.5. The first-order valence-corrected chi connectivity index (χ1v) is 23.9. The Morgan fingerprint density at radius 3 is 1.30 bits per heavy atom. The van der Waals surface area contributed by atoms with Gasteiger partial charge in [-0.3, -0.25) is 4.79 Å². The van der Waals surface area contributed by atoms with Crippen LogP contribution in [0.15, 0.2) is 36.4 Å². The molecule has 2 atom stereocenters. The van der Waals surface area contributed by atoms with Crippen molar-refractivity contribution in [1.82, 2.24) is 0 Å². The predicted octanol–water partition coefficient (Wildman–Crippen LogP) is 9.50. The van der Waals surface area contributed by atoms with Crippen LogP contribution in [-0.2, 0) is 33.5 Å². The lowest BCUT2D eigenvalue weighted by molar-refractivity contribution is -0.725. The largest absolute Gasteiger partial charge is 0.550 e. The fourth-order valence-electron chi connectivity index (χ4n) is 10.6. The van der Waals surface area contributed by atoms with E-state index in [2.05, 4.69) is 15.0 Å². The van der Waals surface area contributed by atoms with Gasteiger partial charge in [-0.1, -0.05) is 50.7 Å². The van der Waals surface area contributed by atoms with Crippen LogP contribution < -0.4 is 10.4 Å². The summed E-state index contributed by atoms with van der Waals surface area (Å²) in [6.45, 7) is 21.0. The maximum Gasteiger partial charge on any atom is 0.306 e. The number of nitrogens with two attached hydrogens (primary N) is 1. The van der Waals surface area contributed by atoms with Crippen molar-refractivity contribution in [2.45, 2.75) is 216 Å². The minimum absolute atomic E-state index is 0.00577. The van der Waals surface area contributed by atoms with E-state index in [9.17, 15) is 33.7 Å². The molecule has 0 saturated heterocycles. The molecule has 6 rings (SSSR count). The monoisotopic (exact) mass is 876 g/mol. The number of quaternary nitrogens is 1. The van der Waals surface area contributed by atoms with Crippen molar-refractivity contribution < 1.29 is 44.1 Å². The third kappa shape index (κ3) is 15.6. The van der Waals surface area contributed by atoms with Gasteiger partial charge in [-0.05, 0) is 150 Å². The Balaban J connectivity index is 0.000000218. The van der Waals surface area contributed by atoms with Crippen molar-refractivity contribution >= 4 is 11.9 Å². The van der Waals surface area contributed by atoms with Crippen molar-refractivity contribution in [1.29, 1.82) is 0 Å². The van der Waals surface area contributed by atoms with E-state index in [-0.39, 0.29) is 31.1 Å². The van der Waals surface area contributed by atoms with Gasteiger partial charge < -0.3 is 40.2 Å². The van der Waals surface area contributed by atoms with E-state index in [0.717, 1.165) is 63.5 Å². The Kier molecular flexibility index (Phi) is 19.6. The number of aliphatic hydroxyl groups is 2. The Bertz CT molecular complexity index is 1730. The predicted molar refractivity (Wildman–Crippen MR) is 240 cm³/mol. The van der Waals surface area contributed by atoms with E-state index < -0.39 is 45.9 Å². The highest BCUT2D eigenvalue weighted by Gasteiger charge is 2.41. The van der Waals surface area contributed by atoms with E-state index in [1.165, 1.54) is 76.3 Å². The second-order valence-corrected chi connectivity index (χ2v) is 20.2. The van der Waals surface area contributed by atoms with Gasteiger partial charge in [0, 0.05) is 40.1 Å². The molecule has 4 fully saturated rings. The standard InChI is InChI=1S/2C20H26FNO3.C12H23N/c2*1-19(2,22-3)16-9-8-14(12-17(16)21)10-11-20(25,13-18(23)24)15-6-4-5-7-15;1-3-7-11(8-4-1)13-12-9-5-2-6-10-12/h2*8-9,12,15,25H,4-7,10-11,13H2,1-2H3,(H,23,24);11-13H,1-10H2. The lowest BCUT2D eigenvalue weighted by atomic mass is 9.79. The average Bonchev–Trinajstić information content (AvgIpc) is 4.00. The van der Waals surface area contributed by atoms with E-state index in [4.69, 9.17) is 18.3 Å². The summed E-state index contributed by atoms with van der Waals surface area (Å²) in [6, 6.07) is 11.5. The van der Waals surface area contributed by atoms with E-state index >= 15 is 0 Å². The Labute approximate surface area is 376 Å². The van der Waals surface area contributed by atoms with Crippen molar-refractivity contribution in [3.63, 3.8) is 0 Å². The summed E-state index contributed by atoms with van der Waals surface area (Å²) in [5, 5.41) is 44.7. The lowest BCUT2D eigenvalue weighted by Gasteiger charge is -2.35. The van der Waals surface area contributed by atoms with Gasteiger partial charge in [0.15, 0.2) is 0 Å². The second-order valence-electron chi connectivity index (χ2n) is 20.2. The molecule has 11 heteroatoms. The van der Waals surface area contributed by atoms with Crippen molar-refractivity contribution in [2.24, 2.45) is 11.8 Å². The van der Waals surface area contributed by atoms with Gasteiger partial charge in [0.05, 0.1) is 40.8 Å². The maximum absolute atomic E-state index is 14.4. The first-order chi connectivity index (χ1) is 29.8. The van der Waals surface area contributed by atoms with Crippen molar-refractivity contribution in [3.8, 4) is 0 Å². The van der Waals surface area contributed by atoms with Gasteiger partial charge >= 0.3 is 5.97 Å². The summed E-state index contributed by atoms with van der Waals surface area (Å²) in [4.78, 5) is 29.1. The minimum Gasteiger partial charge on any atom is -0.550 e. The molecule has 0 aromatic heterocycles. The Morgan fingerprint density at radius 1 is 0.635 bits per heavy atom. The Morgan fingerprint density at radius 2 is 0.984 bits per heavy atom. The third-order valence-corrected chi connectivity index (χ3v) is 14.6. The summed E-state index contributed by atoms with van der Waals surface area (Å²) >= 11 is 0. The van der Waals surface area contributed by atoms with Gasteiger partial charge in [0.1, 0.15) is 11.6 Å². The summed E-state index contributed by atoms with van der Waals surface area (Å²) in [6.07, 6.45) is 23.0. The maximum atomic E-state index is 14.4. The van der Waals surface area contributed by atoms with Crippen LogP contribution in [0.5, 0.6) is 0 Å². The first-order valence-electron chi connectivity index (χ1n) is 23.9. The molecule has 0 heterocycles. The number of rotatable bonds is 16. The number of carboxylic acid groups (broad SMARTS) is 2. The van der Waals surface area contributed by atoms with Crippen LogP contribution in [0.25, 0.3) is 9.69 Å². The SMILES string of the molecule is C1CCC([NH2+]C2CCCCC2)CC1.[C-]#[N+]C(C)(C)c1ccc(CCC(O)(CC(=O)O)C2CCCC2)cc1F.[C-]#[N+]C(C)(C)c1ccc(CCC(O)(CC(=O)[O-])C2CCCC2)cc1F. The van der Waals surface area contributed by atoms with Crippen LogP contribution >= 0.6 is 0 Å². The topological polar surface area (TPSA) is 143 Å². The number of carbonyl (C=O) groups is 2. The summed E-state index contributed by atoms with van der Waals surface area (Å²) in [5.74, 6) is -3.18. The van der Waals surface area contributed by atoms with Crippen molar-refractivity contribution in [3.05, 3.63) is 93.1 Å². The number of hydrogen-bond donors (Lipinski definition) is 4. The molecular formula is C52H75F2N3O6. The lowest BCUT2D eigenvalue weighted by Crippen LogP contribution is -2.95. The number of aliphatic carboxylic acids is 2. The van der Waals surface area contributed by atoms with E-state index in [0.29, 0.717) is 41.5 Å². The van der Waals surface area contributed by atoms with Crippen LogP contribution in [0, 0.1) is 36.6 Å². The summed E-state index contributed by atoms with van der Waals surface area (Å²) in [7, 11) is 0.